The first-order valence-corrected chi connectivity index (χ1v) is 12.4. The molecule has 0 saturated heterocycles. The van der Waals surface area contributed by atoms with E-state index in [4.69, 9.17) is 19.4 Å². The summed E-state index contributed by atoms with van der Waals surface area (Å²) in [5, 5.41) is 22.5. The fraction of sp³-hybridized carbons (Fsp3) is 0.259. The summed E-state index contributed by atoms with van der Waals surface area (Å²) < 4.78 is 17.0. The predicted molar refractivity (Wildman–Crippen MR) is 137 cm³/mol. The zero-order valence-electron chi connectivity index (χ0n) is 20.0. The van der Waals surface area contributed by atoms with Crippen LogP contribution in [0.3, 0.4) is 0 Å². The molecule has 2 aliphatic rings. The number of rotatable bonds is 6. The normalized spacial score (nSPS) is 17.1. The van der Waals surface area contributed by atoms with Crippen LogP contribution in [0, 0.1) is 17.0 Å². The average molecular weight is 506 g/mol. The summed E-state index contributed by atoms with van der Waals surface area (Å²) in [7, 11) is 3.73. The third kappa shape index (κ3) is 5.09. The zero-order valence-corrected chi connectivity index (χ0v) is 20.9. The number of anilines is 1. The Kier molecular flexibility index (Phi) is 7.23. The van der Waals surface area contributed by atoms with E-state index in [1.54, 1.807) is 31.0 Å². The Morgan fingerprint density at radius 3 is 2.58 bits per heavy atom. The summed E-state index contributed by atoms with van der Waals surface area (Å²) in [6, 6.07) is 16.9. The minimum absolute atomic E-state index is 0.0914. The third-order valence-electron chi connectivity index (χ3n) is 6.21. The lowest BCUT2D eigenvalue weighted by Gasteiger charge is -2.32. The highest BCUT2D eigenvalue weighted by molar-refractivity contribution is 7.99. The first-order valence-electron chi connectivity index (χ1n) is 11.6. The van der Waals surface area contributed by atoms with Crippen molar-refractivity contribution >= 4 is 23.1 Å². The number of quaternary nitrogens is 1. The molecular formula is C27H27N3O5S. The minimum atomic E-state index is -0.921. The van der Waals surface area contributed by atoms with E-state index in [0.29, 0.717) is 18.0 Å². The summed E-state index contributed by atoms with van der Waals surface area (Å²) in [6.07, 6.45) is 0.906. The van der Waals surface area contributed by atoms with Gasteiger partial charge in [-0.15, -0.1) is 0 Å². The van der Waals surface area contributed by atoms with Crippen LogP contribution in [-0.2, 0) is 6.42 Å². The van der Waals surface area contributed by atoms with Crippen LogP contribution in [0.5, 0.6) is 17.2 Å². The summed E-state index contributed by atoms with van der Waals surface area (Å²) >= 11 is 1.58. The number of benzene rings is 3. The Bertz CT molecular complexity index is 1290. The first-order chi connectivity index (χ1) is 17.5. The van der Waals surface area contributed by atoms with Gasteiger partial charge in [-0.1, -0.05) is 23.6 Å². The van der Waals surface area contributed by atoms with Crippen molar-refractivity contribution in [1.29, 1.82) is 0 Å². The molecule has 9 heteroatoms. The van der Waals surface area contributed by atoms with E-state index in [-0.39, 0.29) is 18.5 Å². The number of fused-ring (bicyclic) bond motifs is 2. The van der Waals surface area contributed by atoms with E-state index in [0.717, 1.165) is 39.8 Å². The molecule has 1 unspecified atom stereocenters. The van der Waals surface area contributed by atoms with Crippen LogP contribution in [-0.4, -0.2) is 44.1 Å². The number of likely N-dealkylation sites (N-methyl/N-ethyl adjacent to an activating group) is 1. The molecule has 3 N–H and O–H groups in total. The Morgan fingerprint density at radius 1 is 1.17 bits per heavy atom. The fourth-order valence-corrected chi connectivity index (χ4v) is 5.17. The van der Waals surface area contributed by atoms with Crippen LogP contribution in [0.1, 0.15) is 17.2 Å². The van der Waals surface area contributed by atoms with Gasteiger partial charge in [-0.2, -0.15) is 5.23 Å². The predicted octanol–water partition coefficient (Wildman–Crippen LogP) is 3.62. The molecule has 0 aromatic heterocycles. The number of nitrogens with one attached hydrogen (secondary N) is 2. The van der Waals surface area contributed by atoms with E-state index >= 15 is 0 Å². The molecule has 0 bridgehead atoms. The lowest BCUT2D eigenvalue weighted by atomic mass is 9.91. The number of hydrogen-bond acceptors (Lipinski definition) is 8. The van der Waals surface area contributed by atoms with Gasteiger partial charge in [-0.25, -0.2) is 5.21 Å². The van der Waals surface area contributed by atoms with E-state index in [1.807, 2.05) is 36.4 Å². The molecule has 3 aromatic rings. The standard InChI is InChI=1S/C27H27N3O5S/c1-29-15-13-18-16-24-26(35-17-34-24)27(33-2)25(18)23(29)4-3-14-28-19-5-9-21(10-6-19)36-22-11-7-20(8-12-22)30(31)32/h5-12,16,23,28,30-31H,13-15,17H2,1-2H3/t23-/m0/s1. The Labute approximate surface area is 214 Å². The second kappa shape index (κ2) is 10.7. The molecule has 0 amide bonds. The van der Waals surface area contributed by atoms with Gasteiger partial charge in [0.25, 0.3) is 0 Å². The lowest BCUT2D eigenvalue weighted by Crippen LogP contribution is -2.99. The van der Waals surface area contributed by atoms with Crippen LogP contribution in [0.2, 0.25) is 0 Å². The molecular weight excluding hydrogens is 478 g/mol. The number of ether oxygens (including phenoxy) is 3. The molecule has 2 heterocycles. The second-order valence-electron chi connectivity index (χ2n) is 8.48. The van der Waals surface area contributed by atoms with Gasteiger partial charge in [0.05, 0.1) is 13.7 Å². The quantitative estimate of drug-likeness (QED) is 0.346. The Morgan fingerprint density at radius 2 is 1.89 bits per heavy atom. The zero-order chi connectivity index (χ0) is 25.1. The van der Waals surface area contributed by atoms with Gasteiger partial charge < -0.3 is 24.7 Å². The van der Waals surface area contributed by atoms with Gasteiger partial charge in [0.2, 0.25) is 12.5 Å². The molecule has 2 aliphatic heterocycles. The molecule has 0 fully saturated rings. The maximum atomic E-state index is 11.0. The number of methoxy groups -OCH3 is 1. The van der Waals surface area contributed by atoms with Crippen molar-refractivity contribution in [3.8, 4) is 29.1 Å². The molecule has 0 aliphatic carbocycles. The van der Waals surface area contributed by atoms with E-state index in [2.05, 4.69) is 35.2 Å². The molecule has 186 valence electrons. The molecule has 0 saturated carbocycles. The first kappa shape index (κ1) is 24.3. The Hall–Kier alpha value is -3.39. The summed E-state index contributed by atoms with van der Waals surface area (Å²) in [4.78, 5) is 4.29. The minimum Gasteiger partial charge on any atom is -0.595 e. The van der Waals surface area contributed by atoms with Crippen molar-refractivity contribution in [2.24, 2.45) is 0 Å². The molecule has 5 rings (SSSR count). The smallest absolute Gasteiger partial charge is 0.231 e. The largest absolute Gasteiger partial charge is 0.595 e. The molecule has 0 spiro atoms. The van der Waals surface area contributed by atoms with E-state index < -0.39 is 5.23 Å². The average Bonchev–Trinajstić information content (AvgIpc) is 3.36. The Balaban J connectivity index is 1.23. The van der Waals surface area contributed by atoms with Gasteiger partial charge in [-0.3, -0.25) is 4.90 Å². The summed E-state index contributed by atoms with van der Waals surface area (Å²) in [5.41, 5.74) is 3.51. The third-order valence-corrected chi connectivity index (χ3v) is 7.22. The topological polar surface area (TPSA) is 90.7 Å². The van der Waals surface area contributed by atoms with Crippen molar-refractivity contribution in [3.63, 3.8) is 0 Å². The van der Waals surface area contributed by atoms with Crippen molar-refractivity contribution in [2.45, 2.75) is 22.3 Å². The lowest BCUT2D eigenvalue weighted by molar-refractivity contribution is -0.991. The SMILES string of the molecule is COc1c2c(cc3c1[C@H](C#CCNc1ccc(Sc4ccc([NH+]([O-])O)cc4)cc1)N(C)CC3)OCO2. The summed E-state index contributed by atoms with van der Waals surface area (Å²) in [5.74, 6) is 8.80. The van der Waals surface area contributed by atoms with E-state index in [1.165, 1.54) is 5.56 Å². The van der Waals surface area contributed by atoms with E-state index in [9.17, 15) is 5.21 Å². The highest BCUT2D eigenvalue weighted by atomic mass is 32.2. The van der Waals surface area contributed by atoms with Gasteiger partial charge >= 0.3 is 0 Å². The monoisotopic (exact) mass is 505 g/mol. The van der Waals surface area contributed by atoms with Crippen molar-refractivity contribution in [3.05, 3.63) is 70.9 Å². The molecule has 36 heavy (non-hydrogen) atoms. The van der Waals surface area contributed by atoms with Crippen molar-refractivity contribution in [1.82, 2.24) is 4.90 Å². The van der Waals surface area contributed by atoms with Gasteiger partial charge in [0, 0.05) is 39.7 Å². The molecule has 3 aromatic carbocycles. The molecule has 8 nitrogen and oxygen atoms in total. The number of nitrogens with zero attached hydrogens (tertiary/aromatic N) is 1. The van der Waals surface area contributed by atoms with Crippen LogP contribution >= 0.6 is 11.8 Å². The maximum absolute atomic E-state index is 11.0. The second-order valence-corrected chi connectivity index (χ2v) is 9.63. The fourth-order valence-electron chi connectivity index (χ4n) is 4.35. The summed E-state index contributed by atoms with van der Waals surface area (Å²) in [6.45, 7) is 1.62. The van der Waals surface area contributed by atoms with Crippen LogP contribution in [0.15, 0.2) is 64.4 Å². The van der Waals surface area contributed by atoms with Crippen molar-refractivity contribution in [2.75, 3.05) is 39.4 Å². The van der Waals surface area contributed by atoms with Gasteiger partial charge in [0.1, 0.15) is 6.04 Å². The van der Waals surface area contributed by atoms with Crippen LogP contribution in [0.25, 0.3) is 0 Å². The maximum Gasteiger partial charge on any atom is 0.231 e. The number of hydrogen-bond donors (Lipinski definition) is 3. The highest BCUT2D eigenvalue weighted by Gasteiger charge is 2.33. The van der Waals surface area contributed by atoms with Crippen LogP contribution in [0.4, 0.5) is 11.4 Å². The van der Waals surface area contributed by atoms with Crippen molar-refractivity contribution < 1.29 is 24.6 Å². The van der Waals surface area contributed by atoms with Gasteiger partial charge in [0.15, 0.2) is 17.2 Å². The van der Waals surface area contributed by atoms with Crippen LogP contribution < -0.4 is 24.8 Å². The van der Waals surface area contributed by atoms with Gasteiger partial charge in [-0.05, 0) is 61.5 Å². The molecule has 0 radical (unpaired) electrons. The highest BCUT2D eigenvalue weighted by Crippen LogP contribution is 2.49. The molecule has 2 atom stereocenters.